The predicted octanol–water partition coefficient (Wildman–Crippen LogP) is 3.42. The molecule has 2 heterocycles. The van der Waals surface area contributed by atoms with Crippen LogP contribution in [0.5, 0.6) is 11.5 Å². The number of hydrogen-bond donors (Lipinski definition) is 1. The minimum Gasteiger partial charge on any atom is -0.493 e. The SMILES string of the molecule is [2H]C([2H])([2H])C(C)(C([2H])([2H])[2H])C([2H])([2H])C1([2H])CN2CCc3cc(OC)c(OC)cc3C2C([2H])([2H])C1([2H])O. The Labute approximate surface area is 162 Å². The molecule has 4 nitrogen and oxygen atoms in total. The molecular weight excluding hydrogens is 302 g/mol. The molecule has 3 atom stereocenters. The lowest BCUT2D eigenvalue weighted by Gasteiger charge is -2.47. The highest BCUT2D eigenvalue weighted by Gasteiger charge is 2.39. The number of aliphatic hydroxyl groups is 1. The number of hydrogen-bond acceptors (Lipinski definition) is 4. The summed E-state index contributed by atoms with van der Waals surface area (Å²) in [5.74, 6) is -2.57. The summed E-state index contributed by atoms with van der Waals surface area (Å²) in [5, 5.41) is 11.4. The molecular formula is C20H31NO3. The Morgan fingerprint density at radius 1 is 1.42 bits per heavy atom. The van der Waals surface area contributed by atoms with Crippen molar-refractivity contribution in [2.24, 2.45) is 11.3 Å². The number of rotatable bonds is 3. The molecule has 0 bridgehead atoms. The van der Waals surface area contributed by atoms with E-state index < -0.39 is 56.4 Å². The summed E-state index contributed by atoms with van der Waals surface area (Å²) in [7, 11) is 2.82. The fourth-order valence-electron chi connectivity index (χ4n) is 3.23. The summed E-state index contributed by atoms with van der Waals surface area (Å²) in [5.41, 5.74) is -2.23. The van der Waals surface area contributed by atoms with Gasteiger partial charge in [0.05, 0.1) is 21.7 Å². The molecule has 0 aliphatic carbocycles. The molecule has 24 heavy (non-hydrogen) atoms. The summed E-state index contributed by atoms with van der Waals surface area (Å²) >= 11 is 0. The van der Waals surface area contributed by atoms with Crippen molar-refractivity contribution in [3.05, 3.63) is 23.3 Å². The number of nitrogens with zero attached hydrogens (tertiary/aromatic N) is 1. The minimum atomic E-state index is -3.58. The standard InChI is InChI=1S/C20H31NO3/c1-20(2,3)11-14-12-21-7-6-13-8-18(23-4)19(24-5)9-15(13)16(21)10-17(14)22/h8-9,14,16-17,22H,6-7,10-12H2,1-5H3/i1D3,2D3,10D2,11D2,14D,17D. The van der Waals surface area contributed by atoms with Crippen molar-refractivity contribution in [1.29, 1.82) is 0 Å². The van der Waals surface area contributed by atoms with Crippen molar-refractivity contribution in [2.75, 3.05) is 27.3 Å². The van der Waals surface area contributed by atoms with E-state index in [1.165, 1.54) is 25.2 Å². The van der Waals surface area contributed by atoms with Gasteiger partial charge in [0.1, 0.15) is 0 Å². The molecule has 1 saturated heterocycles. The maximum Gasteiger partial charge on any atom is 0.161 e. The average Bonchev–Trinajstić information content (AvgIpc) is 2.74. The van der Waals surface area contributed by atoms with Gasteiger partial charge in [-0.15, -0.1) is 0 Å². The first-order valence-corrected chi connectivity index (χ1v) is 7.78. The maximum atomic E-state index is 11.4. The molecule has 4 heteroatoms. The largest absolute Gasteiger partial charge is 0.493 e. The molecule has 0 aromatic heterocycles. The second-order valence-electron chi connectivity index (χ2n) is 6.25. The van der Waals surface area contributed by atoms with E-state index in [4.69, 9.17) is 25.9 Å². The fourth-order valence-corrected chi connectivity index (χ4v) is 3.23. The zero-order chi connectivity index (χ0) is 27.9. The van der Waals surface area contributed by atoms with Gasteiger partial charge in [-0.05, 0) is 53.7 Å². The Kier molecular flexibility index (Phi) is 2.18. The van der Waals surface area contributed by atoms with Crippen LogP contribution in [0.3, 0.4) is 0 Å². The molecule has 1 aromatic rings. The molecule has 0 radical (unpaired) electrons. The van der Waals surface area contributed by atoms with E-state index in [2.05, 4.69) is 0 Å². The number of ether oxygens (including phenoxy) is 2. The zero-order valence-corrected chi connectivity index (χ0v) is 14.1. The van der Waals surface area contributed by atoms with Crippen LogP contribution in [-0.2, 0) is 6.42 Å². The molecule has 2 aliphatic heterocycles. The van der Waals surface area contributed by atoms with Crippen LogP contribution >= 0.6 is 0 Å². The number of benzene rings is 1. The Hall–Kier alpha value is -1.26. The monoisotopic (exact) mass is 345 g/mol. The molecule has 0 spiro atoms. The van der Waals surface area contributed by atoms with E-state index in [1.807, 2.05) is 0 Å². The minimum absolute atomic E-state index is 0.0811. The third-order valence-electron chi connectivity index (χ3n) is 4.29. The second kappa shape index (κ2) is 6.57. The predicted molar refractivity (Wildman–Crippen MR) is 95.7 cm³/mol. The molecule has 134 valence electrons. The van der Waals surface area contributed by atoms with Gasteiger partial charge in [-0.1, -0.05) is 20.6 Å². The van der Waals surface area contributed by atoms with Gasteiger partial charge in [0.25, 0.3) is 0 Å². The summed E-state index contributed by atoms with van der Waals surface area (Å²) in [6.45, 7) is -7.02. The fraction of sp³-hybridized carbons (Fsp3) is 0.700. The molecule has 1 aromatic carbocycles. The van der Waals surface area contributed by atoms with Crippen LogP contribution in [0.2, 0.25) is 0 Å². The zero-order valence-electron chi connectivity index (χ0n) is 26.1. The quantitative estimate of drug-likeness (QED) is 0.911. The Bertz CT molecular complexity index is 1010. The van der Waals surface area contributed by atoms with Crippen molar-refractivity contribution in [2.45, 2.75) is 51.9 Å². The van der Waals surface area contributed by atoms with Gasteiger partial charge >= 0.3 is 0 Å². The van der Waals surface area contributed by atoms with Gasteiger partial charge in [0.15, 0.2) is 11.5 Å². The molecule has 1 fully saturated rings. The molecule has 3 rings (SSSR count). The average molecular weight is 346 g/mol. The van der Waals surface area contributed by atoms with Gasteiger partial charge in [-0.25, -0.2) is 0 Å². The molecule has 0 amide bonds. The van der Waals surface area contributed by atoms with Gasteiger partial charge in [0.2, 0.25) is 0 Å². The van der Waals surface area contributed by atoms with Crippen LogP contribution in [0.25, 0.3) is 0 Å². The van der Waals surface area contributed by atoms with E-state index in [1.54, 1.807) is 6.07 Å². The van der Waals surface area contributed by atoms with Gasteiger partial charge in [-0.3, -0.25) is 4.90 Å². The van der Waals surface area contributed by atoms with Crippen LogP contribution in [0, 0.1) is 11.3 Å². The maximum absolute atomic E-state index is 11.4. The third-order valence-corrected chi connectivity index (χ3v) is 4.29. The summed E-state index contributed by atoms with van der Waals surface area (Å²) in [4.78, 5) is 1.36. The van der Waals surface area contributed by atoms with E-state index in [-0.39, 0.29) is 12.3 Å². The van der Waals surface area contributed by atoms with Crippen LogP contribution in [-0.4, -0.2) is 43.4 Å². The van der Waals surface area contributed by atoms with Crippen molar-refractivity contribution in [1.82, 2.24) is 4.90 Å². The van der Waals surface area contributed by atoms with E-state index in [0.717, 1.165) is 0 Å². The second-order valence-corrected chi connectivity index (χ2v) is 6.25. The number of fused-ring (bicyclic) bond motifs is 3. The topological polar surface area (TPSA) is 41.9 Å². The van der Waals surface area contributed by atoms with Crippen molar-refractivity contribution in [3.8, 4) is 11.5 Å². The normalized spacial score (nSPS) is 44.6. The first-order valence-electron chi connectivity index (χ1n) is 13.8. The molecule has 1 N–H and O–H groups in total. The number of piperidine rings is 1. The van der Waals surface area contributed by atoms with Gasteiger partial charge < -0.3 is 14.6 Å². The Balaban J connectivity index is 2.25. The molecule has 2 aliphatic rings. The van der Waals surface area contributed by atoms with Crippen molar-refractivity contribution < 1.29 is 31.0 Å². The van der Waals surface area contributed by atoms with E-state index in [9.17, 15) is 5.11 Å². The lowest BCUT2D eigenvalue weighted by atomic mass is 9.75. The first kappa shape index (κ1) is 7.96. The third kappa shape index (κ3) is 3.40. The highest BCUT2D eigenvalue weighted by Crippen LogP contribution is 2.44. The van der Waals surface area contributed by atoms with Crippen LogP contribution < -0.4 is 9.47 Å². The summed E-state index contributed by atoms with van der Waals surface area (Å²) in [6, 6.07) is 1.82. The smallest absolute Gasteiger partial charge is 0.161 e. The summed E-state index contributed by atoms with van der Waals surface area (Å²) in [6.07, 6.45) is -9.87. The first-order chi connectivity index (χ1) is 16.1. The van der Waals surface area contributed by atoms with Crippen molar-refractivity contribution >= 4 is 0 Å². The molecule has 3 unspecified atom stereocenters. The van der Waals surface area contributed by atoms with Crippen LogP contribution in [0.4, 0.5) is 0 Å². The highest BCUT2D eigenvalue weighted by atomic mass is 16.5. The van der Waals surface area contributed by atoms with Crippen LogP contribution in [0.15, 0.2) is 12.1 Å². The summed E-state index contributed by atoms with van der Waals surface area (Å²) < 4.78 is 111. The van der Waals surface area contributed by atoms with E-state index in [0.29, 0.717) is 30.2 Å². The molecule has 0 saturated carbocycles. The van der Waals surface area contributed by atoms with Gasteiger partial charge in [0, 0.05) is 34.2 Å². The Morgan fingerprint density at radius 2 is 2.12 bits per heavy atom. The lowest BCUT2D eigenvalue weighted by Crippen LogP contribution is -2.48. The highest BCUT2D eigenvalue weighted by molar-refractivity contribution is 5.49. The van der Waals surface area contributed by atoms with Crippen molar-refractivity contribution in [3.63, 3.8) is 0 Å². The van der Waals surface area contributed by atoms with Crippen LogP contribution in [0.1, 0.15) is 67.0 Å². The Morgan fingerprint density at radius 3 is 2.79 bits per heavy atom. The van der Waals surface area contributed by atoms with Gasteiger partial charge in [-0.2, -0.15) is 0 Å². The lowest BCUT2D eigenvalue weighted by molar-refractivity contribution is -0.0259. The number of methoxy groups -OCH3 is 2. The van der Waals surface area contributed by atoms with E-state index >= 15 is 0 Å².